The van der Waals surface area contributed by atoms with Crippen molar-refractivity contribution in [3.63, 3.8) is 0 Å². The zero-order valence-electron chi connectivity index (χ0n) is 13.1. The molecule has 0 saturated carbocycles. The monoisotopic (exact) mass is 292 g/mol. The second kappa shape index (κ2) is 5.93. The zero-order chi connectivity index (χ0) is 15.6. The Balaban J connectivity index is 2.19. The molecule has 1 aromatic carbocycles. The average molecular weight is 292 g/mol. The highest BCUT2D eigenvalue weighted by atomic mass is 16.6. The van der Waals surface area contributed by atoms with Gasteiger partial charge in [-0.1, -0.05) is 12.1 Å². The molecular formula is C16H24N2O3. The first-order valence-corrected chi connectivity index (χ1v) is 7.21. The van der Waals surface area contributed by atoms with Gasteiger partial charge in [-0.05, 0) is 44.9 Å². The van der Waals surface area contributed by atoms with Crippen LogP contribution in [0.1, 0.15) is 38.8 Å². The summed E-state index contributed by atoms with van der Waals surface area (Å²) in [5.41, 5.74) is 6.69. The van der Waals surface area contributed by atoms with Crippen LogP contribution in [-0.2, 0) is 4.74 Å². The van der Waals surface area contributed by atoms with E-state index in [-0.39, 0.29) is 18.2 Å². The maximum atomic E-state index is 12.3. The van der Waals surface area contributed by atoms with Crippen molar-refractivity contribution < 1.29 is 14.3 Å². The number of hydrogen-bond donors (Lipinski definition) is 1. The van der Waals surface area contributed by atoms with E-state index in [0.717, 1.165) is 17.7 Å². The summed E-state index contributed by atoms with van der Waals surface area (Å²) in [6, 6.07) is 7.44. The minimum Gasteiger partial charge on any atom is -0.497 e. The quantitative estimate of drug-likeness (QED) is 0.910. The van der Waals surface area contributed by atoms with Crippen LogP contribution in [0.25, 0.3) is 0 Å². The molecule has 116 valence electrons. The van der Waals surface area contributed by atoms with Gasteiger partial charge in [0.1, 0.15) is 11.4 Å². The molecule has 2 rings (SSSR count). The van der Waals surface area contributed by atoms with Gasteiger partial charge in [-0.3, -0.25) is 4.90 Å². The number of likely N-dealkylation sites (tertiary alicyclic amines) is 1. The molecule has 2 N–H and O–H groups in total. The first-order chi connectivity index (χ1) is 9.81. The van der Waals surface area contributed by atoms with Crippen molar-refractivity contribution in [1.82, 2.24) is 4.90 Å². The molecular weight excluding hydrogens is 268 g/mol. The van der Waals surface area contributed by atoms with Crippen molar-refractivity contribution in [2.75, 3.05) is 13.7 Å². The Morgan fingerprint density at radius 1 is 1.29 bits per heavy atom. The molecule has 2 atom stereocenters. The number of hydrogen-bond acceptors (Lipinski definition) is 4. The largest absolute Gasteiger partial charge is 0.497 e. The molecule has 1 saturated heterocycles. The van der Waals surface area contributed by atoms with Crippen molar-refractivity contribution in [2.45, 2.75) is 44.9 Å². The molecule has 1 aromatic rings. The van der Waals surface area contributed by atoms with E-state index < -0.39 is 5.60 Å². The van der Waals surface area contributed by atoms with E-state index in [1.165, 1.54) is 0 Å². The lowest BCUT2D eigenvalue weighted by Crippen LogP contribution is -2.39. The summed E-state index contributed by atoms with van der Waals surface area (Å²) in [6.45, 7) is 6.21. The first kappa shape index (κ1) is 15.6. The second-order valence-electron chi connectivity index (χ2n) is 6.34. The van der Waals surface area contributed by atoms with Crippen molar-refractivity contribution in [3.05, 3.63) is 29.8 Å². The highest BCUT2D eigenvalue weighted by Crippen LogP contribution is 2.33. The predicted octanol–water partition coefficient (Wildman–Crippen LogP) is 2.70. The number of nitrogens with zero attached hydrogens (tertiary/aromatic N) is 1. The van der Waals surface area contributed by atoms with Gasteiger partial charge >= 0.3 is 6.09 Å². The summed E-state index contributed by atoms with van der Waals surface area (Å²) in [5.74, 6) is 0.786. The first-order valence-electron chi connectivity index (χ1n) is 7.21. The molecule has 1 aliphatic heterocycles. The summed E-state index contributed by atoms with van der Waals surface area (Å²) in [5, 5.41) is 0. The number of methoxy groups -OCH3 is 1. The highest BCUT2D eigenvalue weighted by molar-refractivity contribution is 5.69. The molecule has 1 amide bonds. The van der Waals surface area contributed by atoms with Gasteiger partial charge in [0.15, 0.2) is 0 Å². The highest BCUT2D eigenvalue weighted by Gasteiger charge is 2.38. The maximum Gasteiger partial charge on any atom is 0.410 e. The van der Waals surface area contributed by atoms with Crippen LogP contribution in [0.15, 0.2) is 24.3 Å². The Morgan fingerprint density at radius 2 is 1.90 bits per heavy atom. The normalized spacial score (nSPS) is 22.2. The zero-order valence-corrected chi connectivity index (χ0v) is 13.1. The van der Waals surface area contributed by atoms with Crippen LogP contribution in [0.5, 0.6) is 5.75 Å². The topological polar surface area (TPSA) is 64.8 Å². The molecule has 0 unspecified atom stereocenters. The summed E-state index contributed by atoms with van der Waals surface area (Å²) in [7, 11) is 1.63. The minimum absolute atomic E-state index is 0.0779. The Kier molecular flexibility index (Phi) is 4.42. The molecule has 0 spiro atoms. The number of rotatable bonds is 2. The van der Waals surface area contributed by atoms with Gasteiger partial charge in [-0.15, -0.1) is 0 Å². The Hall–Kier alpha value is -1.75. The molecule has 21 heavy (non-hydrogen) atoms. The fourth-order valence-electron chi connectivity index (χ4n) is 2.57. The summed E-state index contributed by atoms with van der Waals surface area (Å²) in [6.07, 6.45) is 0.465. The molecule has 0 aromatic heterocycles. The third-order valence-electron chi connectivity index (χ3n) is 3.53. The minimum atomic E-state index is -0.506. The van der Waals surface area contributed by atoms with Gasteiger partial charge in [0, 0.05) is 12.6 Å². The van der Waals surface area contributed by atoms with Crippen LogP contribution < -0.4 is 10.5 Å². The fraction of sp³-hybridized carbons (Fsp3) is 0.562. The molecule has 0 radical (unpaired) electrons. The molecule has 0 aliphatic carbocycles. The van der Waals surface area contributed by atoms with Gasteiger partial charge in [0.2, 0.25) is 0 Å². The summed E-state index contributed by atoms with van der Waals surface area (Å²) in [4.78, 5) is 14.1. The molecule has 1 aliphatic rings. The predicted molar refractivity (Wildman–Crippen MR) is 81.3 cm³/mol. The van der Waals surface area contributed by atoms with E-state index in [4.69, 9.17) is 15.2 Å². The number of benzene rings is 1. The smallest absolute Gasteiger partial charge is 0.410 e. The molecule has 0 bridgehead atoms. The van der Waals surface area contributed by atoms with Crippen molar-refractivity contribution in [2.24, 2.45) is 5.73 Å². The standard InChI is InChI=1S/C16H24N2O3/c1-16(2,3)21-15(19)18-10-9-13(17)14(18)11-5-7-12(20-4)8-6-11/h5-8,13-14H,9-10,17H2,1-4H3/t13-,14-/m1/s1. The molecule has 5 heteroatoms. The number of amides is 1. The van der Waals surface area contributed by atoms with Crippen LogP contribution in [0.2, 0.25) is 0 Å². The average Bonchev–Trinajstić information content (AvgIpc) is 2.79. The van der Waals surface area contributed by atoms with E-state index in [9.17, 15) is 4.79 Å². The number of nitrogens with two attached hydrogens (primary N) is 1. The van der Waals surface area contributed by atoms with Gasteiger partial charge < -0.3 is 15.2 Å². The van der Waals surface area contributed by atoms with Crippen LogP contribution in [0, 0.1) is 0 Å². The lowest BCUT2D eigenvalue weighted by molar-refractivity contribution is 0.0218. The van der Waals surface area contributed by atoms with Crippen molar-refractivity contribution in [3.8, 4) is 5.75 Å². The van der Waals surface area contributed by atoms with E-state index in [1.807, 2.05) is 45.0 Å². The third-order valence-corrected chi connectivity index (χ3v) is 3.53. The van der Waals surface area contributed by atoms with E-state index in [0.29, 0.717) is 6.54 Å². The lowest BCUT2D eigenvalue weighted by atomic mass is 10.0. The number of carbonyl (C=O) groups excluding carboxylic acids is 1. The van der Waals surface area contributed by atoms with Crippen LogP contribution in [-0.4, -0.2) is 36.3 Å². The number of ether oxygens (including phenoxy) is 2. The van der Waals surface area contributed by atoms with Crippen LogP contribution in [0.4, 0.5) is 4.79 Å². The van der Waals surface area contributed by atoms with Crippen LogP contribution in [0.3, 0.4) is 0 Å². The summed E-state index contributed by atoms with van der Waals surface area (Å²) >= 11 is 0. The van der Waals surface area contributed by atoms with E-state index in [1.54, 1.807) is 12.0 Å². The lowest BCUT2D eigenvalue weighted by Gasteiger charge is -2.30. The maximum absolute atomic E-state index is 12.3. The van der Waals surface area contributed by atoms with E-state index in [2.05, 4.69) is 0 Å². The van der Waals surface area contributed by atoms with Gasteiger partial charge in [-0.2, -0.15) is 0 Å². The van der Waals surface area contributed by atoms with Gasteiger partial charge in [0.05, 0.1) is 13.2 Å². The second-order valence-corrected chi connectivity index (χ2v) is 6.34. The molecule has 1 fully saturated rings. The fourth-order valence-corrected chi connectivity index (χ4v) is 2.57. The molecule has 1 heterocycles. The summed E-state index contributed by atoms with van der Waals surface area (Å²) < 4.78 is 10.6. The molecule has 5 nitrogen and oxygen atoms in total. The third kappa shape index (κ3) is 3.67. The van der Waals surface area contributed by atoms with Gasteiger partial charge in [-0.25, -0.2) is 4.79 Å². The number of carbonyl (C=O) groups is 1. The van der Waals surface area contributed by atoms with E-state index >= 15 is 0 Å². The van der Waals surface area contributed by atoms with Gasteiger partial charge in [0.25, 0.3) is 0 Å². The van der Waals surface area contributed by atoms with Crippen molar-refractivity contribution >= 4 is 6.09 Å². The van der Waals surface area contributed by atoms with Crippen molar-refractivity contribution in [1.29, 1.82) is 0 Å². The SMILES string of the molecule is COc1ccc([C@@H]2[C@H](N)CCN2C(=O)OC(C)(C)C)cc1. The Morgan fingerprint density at radius 3 is 2.43 bits per heavy atom. The van der Waals surface area contributed by atoms with Crippen LogP contribution >= 0.6 is 0 Å². The Labute approximate surface area is 126 Å². The Bertz CT molecular complexity index is 493.